The molecule has 78 valence electrons. The molecule has 1 N–H and O–H groups in total. The highest BCUT2D eigenvalue weighted by Gasteiger charge is 2.25. The molecule has 0 spiro atoms. The molecule has 2 nitrogen and oxygen atoms in total. The van der Waals surface area contributed by atoms with E-state index in [9.17, 15) is 9.50 Å². The first-order chi connectivity index (χ1) is 7.11. The maximum Gasteiger partial charge on any atom is 0.182 e. The van der Waals surface area contributed by atoms with Gasteiger partial charge in [-0.05, 0) is 18.6 Å². The van der Waals surface area contributed by atoms with Crippen molar-refractivity contribution in [2.45, 2.75) is 19.8 Å². The van der Waals surface area contributed by atoms with Gasteiger partial charge >= 0.3 is 0 Å². The van der Waals surface area contributed by atoms with Gasteiger partial charge in [0.05, 0.1) is 7.89 Å². The van der Waals surface area contributed by atoms with Crippen molar-refractivity contribution in [3.63, 3.8) is 0 Å². The maximum atomic E-state index is 13.1. The number of aliphatic hydroxyl groups excluding tert-OH is 1. The molecule has 0 aromatic heterocycles. The van der Waals surface area contributed by atoms with Crippen molar-refractivity contribution in [1.29, 1.82) is 1.28 Å². The molecule has 2 atom stereocenters. The molecule has 0 saturated heterocycles. The fourth-order valence-electron chi connectivity index (χ4n) is 1.49. The van der Waals surface area contributed by atoms with E-state index in [4.69, 9.17) is 6.02 Å². The van der Waals surface area contributed by atoms with Gasteiger partial charge in [0.15, 0.2) is 6.29 Å². The van der Waals surface area contributed by atoms with Crippen LogP contribution in [0, 0.1) is 12.7 Å². The van der Waals surface area contributed by atoms with Gasteiger partial charge in [-0.3, -0.25) is 0 Å². The average molecular weight is 217 g/mol. The van der Waals surface area contributed by atoms with E-state index in [0.29, 0.717) is 20.3 Å². The summed E-state index contributed by atoms with van der Waals surface area (Å²) in [4.78, 5) is 0. The Hall–Kier alpha value is -0.500. The highest BCUT2D eigenvalue weighted by molar-refractivity contribution is 7.15. The Balaban J connectivity index is 0.000000337. The summed E-state index contributed by atoms with van der Waals surface area (Å²) in [5.41, 5.74) is 1.95. The number of aliphatic hydroxyl groups is 1. The first kappa shape index (κ1) is 10.0. The summed E-state index contributed by atoms with van der Waals surface area (Å²) in [6, 6.07) is 3.04. The lowest BCUT2D eigenvalue weighted by Crippen LogP contribution is -1.96. The van der Waals surface area contributed by atoms with E-state index in [0.717, 1.165) is 5.56 Å². The molecule has 1 aromatic carbocycles. The number of fused-ring (bicyclic) bond motifs is 1. The molecule has 0 saturated carbocycles. The number of hydrogen-bond acceptors (Lipinski definition) is 2. The van der Waals surface area contributed by atoms with Gasteiger partial charge in [0, 0.05) is 11.1 Å². The van der Waals surface area contributed by atoms with Gasteiger partial charge in [-0.1, -0.05) is 12.7 Å². The lowest BCUT2D eigenvalue weighted by atomic mass is 10.0. The van der Waals surface area contributed by atoms with Crippen molar-refractivity contribution < 1.29 is 14.2 Å². The van der Waals surface area contributed by atoms with Gasteiger partial charge in [-0.15, -0.1) is 9.18 Å². The molecule has 0 amide bonds. The van der Waals surface area contributed by atoms with Crippen molar-refractivity contribution in [2.24, 2.45) is 0 Å². The Morgan fingerprint density at radius 1 is 1.71 bits per heavy atom. The van der Waals surface area contributed by atoms with E-state index in [1.54, 1.807) is 6.07 Å². The molecule has 0 fully saturated rings. The molecule has 2 unspecified atom stereocenters. The molecule has 0 bridgehead atoms. The van der Waals surface area contributed by atoms with Crippen molar-refractivity contribution in [3.05, 3.63) is 34.6 Å². The smallest absolute Gasteiger partial charge is 0.182 e. The van der Waals surface area contributed by atoms with Gasteiger partial charge < -0.3 is 9.84 Å². The molecular formula is C10H14FO2P. The van der Waals surface area contributed by atoms with Gasteiger partial charge in [0.1, 0.15) is 5.82 Å². The lowest BCUT2D eigenvalue weighted by Gasteiger charge is -2.05. The zero-order valence-corrected chi connectivity index (χ0v) is 9.17. The van der Waals surface area contributed by atoms with Crippen LogP contribution in [-0.4, -0.2) is 13.0 Å². The van der Waals surface area contributed by atoms with E-state index in [1.165, 1.54) is 6.07 Å². The Kier molecular flexibility index (Phi) is 3.46. The van der Waals surface area contributed by atoms with Crippen LogP contribution in [0.2, 0.25) is 0 Å². The van der Waals surface area contributed by atoms with Crippen molar-refractivity contribution in [3.8, 4) is 0 Å². The Labute approximate surface area is 86.6 Å². The standard InChI is InChI=1S/C9H9FO2.CH5P/c1-5-2-3-7(10)6-4-12-9(11)8(5)6;1-2/h2-3,9,11H,4H2,1H3;2H2,1H3/i;2D. The second-order valence-corrected chi connectivity index (χ2v) is 2.92. The minimum absolute atomic E-state index is 0.171. The van der Waals surface area contributed by atoms with E-state index in [2.05, 4.69) is 0 Å². The summed E-state index contributed by atoms with van der Waals surface area (Å²) in [5.74, 6) is -0.299. The quantitative estimate of drug-likeness (QED) is 0.675. The molecule has 0 radical (unpaired) electrons. The minimum Gasteiger partial charge on any atom is -0.364 e. The topological polar surface area (TPSA) is 29.5 Å². The van der Waals surface area contributed by atoms with Crippen LogP contribution in [0.25, 0.3) is 0 Å². The molecule has 14 heavy (non-hydrogen) atoms. The van der Waals surface area contributed by atoms with E-state index >= 15 is 0 Å². The summed E-state index contributed by atoms with van der Waals surface area (Å²) >= 11 is 0. The summed E-state index contributed by atoms with van der Waals surface area (Å²) in [6.07, 6.45) is -0.948. The van der Waals surface area contributed by atoms with Crippen LogP contribution in [-0.2, 0) is 11.3 Å². The fourth-order valence-corrected chi connectivity index (χ4v) is 1.49. The average Bonchev–Trinajstić information content (AvgIpc) is 2.57. The highest BCUT2D eigenvalue weighted by Crippen LogP contribution is 2.32. The highest BCUT2D eigenvalue weighted by atomic mass is 31.0. The third-order valence-electron chi connectivity index (χ3n) is 2.15. The third-order valence-corrected chi connectivity index (χ3v) is 2.15. The van der Waals surface area contributed by atoms with E-state index < -0.39 is 6.29 Å². The zero-order valence-electron chi connectivity index (χ0n) is 9.17. The normalized spacial score (nSPS) is 20.3. The SMILES string of the molecule is Cc1ccc(F)c2c1C(O)OC2.[2H]PC. The Morgan fingerprint density at radius 2 is 2.36 bits per heavy atom. The van der Waals surface area contributed by atoms with Crippen molar-refractivity contribution in [2.75, 3.05) is 6.66 Å². The van der Waals surface area contributed by atoms with Crippen LogP contribution in [0.3, 0.4) is 0 Å². The lowest BCUT2D eigenvalue weighted by molar-refractivity contribution is -0.0922. The molecular weight excluding hydrogens is 202 g/mol. The van der Waals surface area contributed by atoms with Gasteiger partial charge in [-0.2, -0.15) is 0 Å². The number of ether oxygens (including phenoxy) is 1. The zero-order chi connectivity index (χ0) is 11.4. The molecule has 1 aromatic rings. The van der Waals surface area contributed by atoms with Crippen molar-refractivity contribution in [1.82, 2.24) is 0 Å². The molecule has 4 heteroatoms. The molecule has 1 aliphatic rings. The van der Waals surface area contributed by atoms with Gasteiger partial charge in [0.25, 0.3) is 0 Å². The maximum absolute atomic E-state index is 13.1. The van der Waals surface area contributed by atoms with Crippen LogP contribution in [0.15, 0.2) is 12.1 Å². The summed E-state index contributed by atoms with van der Waals surface area (Å²) in [7, 11) is 0.333. The summed E-state index contributed by atoms with van der Waals surface area (Å²) in [6.45, 7) is 3.82. The number of rotatable bonds is 0. The third kappa shape index (κ3) is 1.95. The Morgan fingerprint density at radius 3 is 2.93 bits per heavy atom. The molecule has 0 aliphatic carbocycles. The van der Waals surface area contributed by atoms with Gasteiger partial charge in [0.2, 0.25) is 0 Å². The second kappa shape index (κ2) is 4.83. The molecule has 2 rings (SSSR count). The van der Waals surface area contributed by atoms with Crippen LogP contribution in [0.5, 0.6) is 0 Å². The summed E-state index contributed by atoms with van der Waals surface area (Å²) in [5, 5.41) is 9.30. The van der Waals surface area contributed by atoms with Crippen LogP contribution < -0.4 is 0 Å². The molecule has 1 aliphatic heterocycles. The second-order valence-electron chi connectivity index (χ2n) is 2.92. The predicted molar refractivity (Wildman–Crippen MR) is 56.5 cm³/mol. The first-order valence-electron chi connectivity index (χ1n) is 4.77. The number of hydrogen-bond donors (Lipinski definition) is 1. The van der Waals surface area contributed by atoms with E-state index in [-0.39, 0.29) is 12.4 Å². The van der Waals surface area contributed by atoms with Crippen LogP contribution in [0.4, 0.5) is 4.39 Å². The monoisotopic (exact) mass is 217 g/mol. The number of benzene rings is 1. The number of halogens is 1. The van der Waals surface area contributed by atoms with Crippen LogP contribution >= 0.6 is 9.18 Å². The van der Waals surface area contributed by atoms with Gasteiger partial charge in [-0.25, -0.2) is 4.39 Å². The first-order valence-corrected chi connectivity index (χ1v) is 5.27. The fraction of sp³-hybridized carbons (Fsp3) is 0.400. The van der Waals surface area contributed by atoms with Crippen LogP contribution in [0.1, 0.15) is 23.0 Å². The van der Waals surface area contributed by atoms with E-state index in [1.807, 2.05) is 13.6 Å². The predicted octanol–water partition coefficient (Wildman–Crippen LogP) is 2.15. The largest absolute Gasteiger partial charge is 0.364 e. The minimum atomic E-state index is -0.948. The molecule has 1 heterocycles. The number of aryl methyl sites for hydroxylation is 1. The summed E-state index contributed by atoms with van der Waals surface area (Å²) < 4.78 is 24.2. The van der Waals surface area contributed by atoms with Crippen molar-refractivity contribution >= 4 is 9.18 Å². The Bertz CT molecular complexity index is 346.